The second-order valence-corrected chi connectivity index (χ2v) is 12.7. The van der Waals surface area contributed by atoms with Gasteiger partial charge in [-0.05, 0) is 60.3 Å². The Morgan fingerprint density at radius 1 is 0.800 bits per heavy atom. The fourth-order valence-corrected chi connectivity index (χ4v) is 5.57. The summed E-state index contributed by atoms with van der Waals surface area (Å²) in [5, 5.41) is 46.2. The van der Waals surface area contributed by atoms with E-state index < -0.39 is 46.2 Å². The first-order valence-corrected chi connectivity index (χ1v) is 16.0. The lowest BCUT2D eigenvalue weighted by molar-refractivity contribution is -0.127. The highest BCUT2D eigenvalue weighted by atomic mass is 16.5. The molecule has 0 heterocycles. The second kappa shape index (κ2) is 16.5. The molecular weight excluding hydrogens is 572 g/mol. The van der Waals surface area contributed by atoms with Gasteiger partial charge < -0.3 is 25.2 Å². The Kier molecular flexibility index (Phi) is 13.7. The smallest absolute Gasteiger partial charge is 0.183 e. The predicted octanol–water partition coefficient (Wildman–Crippen LogP) is 8.64. The molecule has 1 aromatic rings. The lowest BCUT2D eigenvalue weighted by Crippen LogP contribution is -2.39. The number of allylic oxidation sites excluding steroid dienone is 7. The molecule has 0 saturated heterocycles. The normalized spacial score (nSPS) is 16.6. The van der Waals surface area contributed by atoms with Gasteiger partial charge in [-0.15, -0.1) is 0 Å². The topological polar surface area (TPSA) is 141 Å². The zero-order chi connectivity index (χ0) is 34.1. The van der Waals surface area contributed by atoms with Crippen LogP contribution < -0.4 is 4.74 Å². The van der Waals surface area contributed by atoms with Crippen molar-refractivity contribution in [1.82, 2.24) is 0 Å². The van der Waals surface area contributed by atoms with Crippen LogP contribution in [0.15, 0.2) is 46.0 Å². The standard InChI is InChI=1S/C37H52O8/c1-9-11-13-15-27(38)29-32(41)25(31(40)24(34(29)45-8)18-17-22(3)4)21-26-33(42)30(28(39)16-14-12-10-2)36(44)37(7,35(26)43)20-19-23(5)6/h17,19,40-43H,9-16,18,20-21H2,1-8H3/t37-/m0/s1. The number of unbranched alkanes of at least 4 members (excludes halogenated alkanes) is 4. The maximum Gasteiger partial charge on any atom is 0.183 e. The first kappa shape index (κ1) is 37.4. The molecule has 45 heavy (non-hydrogen) atoms. The Balaban J connectivity index is 2.91. The predicted molar refractivity (Wildman–Crippen MR) is 177 cm³/mol. The molecule has 0 fully saturated rings. The first-order valence-electron chi connectivity index (χ1n) is 16.0. The summed E-state index contributed by atoms with van der Waals surface area (Å²) in [6, 6.07) is 0. The van der Waals surface area contributed by atoms with Crippen molar-refractivity contribution >= 4 is 17.3 Å². The Bertz CT molecular complexity index is 1410. The van der Waals surface area contributed by atoms with Gasteiger partial charge in [0.25, 0.3) is 0 Å². The number of carbonyl (C=O) groups is 3. The van der Waals surface area contributed by atoms with E-state index in [9.17, 15) is 34.8 Å². The summed E-state index contributed by atoms with van der Waals surface area (Å²) in [6.07, 6.45) is 8.11. The number of rotatable bonds is 17. The van der Waals surface area contributed by atoms with E-state index in [0.717, 1.165) is 36.8 Å². The minimum absolute atomic E-state index is 0.0496. The van der Waals surface area contributed by atoms with Crippen molar-refractivity contribution in [3.8, 4) is 17.2 Å². The lowest BCUT2D eigenvalue weighted by Gasteiger charge is -2.34. The molecule has 0 aliphatic heterocycles. The number of phenolic OH excluding ortho intramolecular Hbond substituents is 2. The molecule has 4 N–H and O–H groups in total. The number of aliphatic hydroxyl groups is 2. The number of aromatic hydroxyl groups is 2. The van der Waals surface area contributed by atoms with Gasteiger partial charge >= 0.3 is 0 Å². The summed E-state index contributed by atoms with van der Waals surface area (Å²) in [5.41, 5.74) is -0.208. The average Bonchev–Trinajstić information content (AvgIpc) is 2.98. The number of ketones is 3. The molecule has 1 aromatic carbocycles. The van der Waals surface area contributed by atoms with Crippen LogP contribution >= 0.6 is 0 Å². The molecule has 0 saturated carbocycles. The molecule has 0 radical (unpaired) electrons. The van der Waals surface area contributed by atoms with E-state index in [2.05, 4.69) is 0 Å². The Labute approximate surface area is 268 Å². The largest absolute Gasteiger partial charge is 0.511 e. The van der Waals surface area contributed by atoms with Crippen molar-refractivity contribution in [2.24, 2.45) is 5.41 Å². The summed E-state index contributed by atoms with van der Waals surface area (Å²) in [7, 11) is 1.36. The number of ether oxygens (including phenoxy) is 1. The Morgan fingerprint density at radius 2 is 1.36 bits per heavy atom. The Hall–Kier alpha value is -3.81. The zero-order valence-corrected chi connectivity index (χ0v) is 28.4. The molecule has 248 valence electrons. The molecule has 2 rings (SSSR count). The minimum atomic E-state index is -1.57. The fourth-order valence-electron chi connectivity index (χ4n) is 5.57. The van der Waals surface area contributed by atoms with E-state index in [1.54, 1.807) is 6.08 Å². The third kappa shape index (κ3) is 8.47. The number of Topliss-reactive ketones (excluding diaryl/α,β-unsaturated/α-hetero) is 3. The van der Waals surface area contributed by atoms with Crippen molar-refractivity contribution in [2.75, 3.05) is 7.11 Å². The van der Waals surface area contributed by atoms with Crippen LogP contribution in [0.2, 0.25) is 0 Å². The van der Waals surface area contributed by atoms with Gasteiger partial charge in [-0.25, -0.2) is 0 Å². The van der Waals surface area contributed by atoms with Crippen molar-refractivity contribution in [3.63, 3.8) is 0 Å². The molecule has 1 atom stereocenters. The van der Waals surface area contributed by atoms with E-state index in [4.69, 9.17) is 4.74 Å². The van der Waals surface area contributed by atoms with Gasteiger partial charge in [0.2, 0.25) is 0 Å². The van der Waals surface area contributed by atoms with Crippen LogP contribution in [0.4, 0.5) is 0 Å². The number of carbonyl (C=O) groups excluding carboxylic acids is 3. The summed E-state index contributed by atoms with van der Waals surface area (Å²) in [5.74, 6) is -3.54. The van der Waals surface area contributed by atoms with Crippen LogP contribution in [0.3, 0.4) is 0 Å². The van der Waals surface area contributed by atoms with Gasteiger partial charge in [-0.2, -0.15) is 0 Å². The van der Waals surface area contributed by atoms with Gasteiger partial charge in [0.1, 0.15) is 39.9 Å². The zero-order valence-electron chi connectivity index (χ0n) is 28.4. The van der Waals surface area contributed by atoms with Crippen LogP contribution in [-0.2, 0) is 22.4 Å². The summed E-state index contributed by atoms with van der Waals surface area (Å²) in [4.78, 5) is 40.7. The monoisotopic (exact) mass is 624 g/mol. The number of hydrogen-bond acceptors (Lipinski definition) is 8. The first-order chi connectivity index (χ1) is 21.2. The molecule has 1 aliphatic carbocycles. The van der Waals surface area contributed by atoms with Crippen LogP contribution in [0, 0.1) is 5.41 Å². The third-order valence-corrected chi connectivity index (χ3v) is 8.42. The number of methoxy groups -OCH3 is 1. The molecule has 8 heteroatoms. The molecule has 1 aliphatic rings. The van der Waals surface area contributed by atoms with Gasteiger partial charge in [0.15, 0.2) is 17.3 Å². The van der Waals surface area contributed by atoms with Crippen LogP contribution in [-0.4, -0.2) is 44.9 Å². The molecule has 0 aromatic heterocycles. The molecule has 8 nitrogen and oxygen atoms in total. The maximum absolute atomic E-state index is 13.8. The van der Waals surface area contributed by atoms with E-state index in [1.165, 1.54) is 14.0 Å². The van der Waals surface area contributed by atoms with E-state index in [-0.39, 0.29) is 65.2 Å². The number of hydrogen-bond donors (Lipinski definition) is 4. The van der Waals surface area contributed by atoms with Crippen molar-refractivity contribution in [1.29, 1.82) is 0 Å². The number of phenols is 2. The summed E-state index contributed by atoms with van der Waals surface area (Å²) < 4.78 is 5.60. The second-order valence-electron chi connectivity index (χ2n) is 12.7. The van der Waals surface area contributed by atoms with Gasteiger partial charge in [-0.3, -0.25) is 14.4 Å². The molecular formula is C37H52O8. The van der Waals surface area contributed by atoms with E-state index in [0.29, 0.717) is 12.8 Å². The van der Waals surface area contributed by atoms with Crippen LogP contribution in [0.5, 0.6) is 17.2 Å². The number of aliphatic hydroxyl groups excluding tert-OH is 2. The van der Waals surface area contributed by atoms with Gasteiger partial charge in [0, 0.05) is 36.0 Å². The highest BCUT2D eigenvalue weighted by molar-refractivity contribution is 6.24. The lowest BCUT2D eigenvalue weighted by atomic mass is 9.69. The Morgan fingerprint density at radius 3 is 1.87 bits per heavy atom. The molecule has 0 spiro atoms. The van der Waals surface area contributed by atoms with Gasteiger partial charge in [-0.1, -0.05) is 62.8 Å². The highest BCUT2D eigenvalue weighted by Gasteiger charge is 2.48. The number of benzene rings is 1. The van der Waals surface area contributed by atoms with Crippen LogP contribution in [0.25, 0.3) is 0 Å². The highest BCUT2D eigenvalue weighted by Crippen LogP contribution is 2.48. The van der Waals surface area contributed by atoms with Gasteiger partial charge in [0.05, 0.1) is 12.5 Å². The van der Waals surface area contributed by atoms with Crippen molar-refractivity contribution < 1.29 is 39.5 Å². The quantitative estimate of drug-likeness (QED) is 0.0584. The maximum atomic E-state index is 13.8. The van der Waals surface area contributed by atoms with Crippen LogP contribution in [0.1, 0.15) is 128 Å². The summed E-state index contributed by atoms with van der Waals surface area (Å²) in [6.45, 7) is 13.0. The van der Waals surface area contributed by atoms with E-state index in [1.807, 2.05) is 47.6 Å². The molecule has 0 amide bonds. The minimum Gasteiger partial charge on any atom is -0.511 e. The molecule has 0 unspecified atom stereocenters. The molecule has 0 bridgehead atoms. The average molecular weight is 625 g/mol. The summed E-state index contributed by atoms with van der Waals surface area (Å²) >= 11 is 0. The fraction of sp³-hybridized carbons (Fsp3) is 0.541. The van der Waals surface area contributed by atoms with Crippen molar-refractivity contribution in [2.45, 2.75) is 119 Å². The SMILES string of the molecule is CCCCCC(=O)C1=C(O)C(Cc2c(O)c(CC=C(C)C)c(OC)c(C(=O)CCCCC)c2O)=C(O)[C@](C)(CC=C(C)C)C1=O. The van der Waals surface area contributed by atoms with Crippen molar-refractivity contribution in [3.05, 3.63) is 62.7 Å². The third-order valence-electron chi connectivity index (χ3n) is 8.42. The van der Waals surface area contributed by atoms with E-state index >= 15 is 0 Å².